The zero-order valence-corrected chi connectivity index (χ0v) is 19.4. The molecule has 1 aromatic rings. The molecule has 6 atom stereocenters. The number of fused-ring (bicyclic) bond motifs is 3. The zero-order chi connectivity index (χ0) is 21.5. The number of benzene rings is 1. The summed E-state index contributed by atoms with van der Waals surface area (Å²) in [5.74, 6) is 0.385. The second kappa shape index (κ2) is 8.94. The van der Waals surface area contributed by atoms with E-state index in [1.165, 1.54) is 0 Å². The summed E-state index contributed by atoms with van der Waals surface area (Å²) in [5, 5.41) is 0. The lowest BCUT2D eigenvalue weighted by Gasteiger charge is -2.45. The topological polar surface area (TPSA) is 81.7 Å². The molecular weight excluding hydrogens is 456 g/mol. The van der Waals surface area contributed by atoms with Crippen LogP contribution in [0.4, 0.5) is 0 Å². The van der Waals surface area contributed by atoms with E-state index in [-0.39, 0.29) is 11.8 Å². The van der Waals surface area contributed by atoms with Gasteiger partial charge < -0.3 is 23.8 Å². The molecule has 0 N–H and O–H groups in total. The van der Waals surface area contributed by atoms with Crippen molar-refractivity contribution in [1.29, 1.82) is 0 Å². The summed E-state index contributed by atoms with van der Waals surface area (Å²) >= 11 is 11.9. The van der Waals surface area contributed by atoms with Gasteiger partial charge in [-0.1, -0.05) is 12.1 Å². The van der Waals surface area contributed by atoms with E-state index in [1.54, 1.807) is 25.6 Å². The van der Waals surface area contributed by atoms with Crippen LogP contribution in [-0.2, 0) is 23.3 Å². The Morgan fingerprint density at radius 1 is 1.03 bits per heavy atom. The van der Waals surface area contributed by atoms with E-state index in [0.29, 0.717) is 18.8 Å². The molecule has 3 saturated heterocycles. The van der Waals surface area contributed by atoms with Gasteiger partial charge in [-0.2, -0.15) is 9.05 Å². The number of halogens is 2. The van der Waals surface area contributed by atoms with Gasteiger partial charge in [-0.15, -0.1) is 27.9 Å². The molecule has 11 heteroatoms. The van der Waals surface area contributed by atoms with Crippen LogP contribution in [0.25, 0.3) is 0 Å². The van der Waals surface area contributed by atoms with Crippen molar-refractivity contribution in [3.05, 3.63) is 29.8 Å². The van der Waals surface area contributed by atoms with E-state index in [2.05, 4.69) is 0 Å². The van der Waals surface area contributed by atoms with E-state index >= 15 is 0 Å². The minimum absolute atomic E-state index is 0.254. The normalized spacial score (nSPS) is 37.2. The Bertz CT molecular complexity index is 736. The lowest BCUT2D eigenvalue weighted by atomic mass is 9.99. The van der Waals surface area contributed by atoms with Crippen molar-refractivity contribution in [2.75, 3.05) is 32.0 Å². The number of hydrogen-bond acceptors (Lipinski definition) is 8. The smallest absolute Gasteiger partial charge is 0.316 e. The van der Waals surface area contributed by atoms with Gasteiger partial charge in [-0.05, 0) is 31.5 Å². The van der Waals surface area contributed by atoms with E-state index in [9.17, 15) is 4.89 Å². The predicted molar refractivity (Wildman–Crippen MR) is 110 cm³/mol. The molecule has 0 radical (unpaired) electrons. The van der Waals surface area contributed by atoms with E-state index in [4.69, 9.17) is 51.2 Å². The number of rotatable bonds is 7. The van der Waals surface area contributed by atoms with Crippen LogP contribution < -0.4 is 9.63 Å². The summed E-state index contributed by atoms with van der Waals surface area (Å²) in [4.78, 5) is 13.9. The summed E-state index contributed by atoms with van der Waals surface area (Å²) in [6.07, 6.45) is -3.02. The van der Waals surface area contributed by atoms with Crippen LogP contribution >= 0.6 is 31.3 Å². The summed E-state index contributed by atoms with van der Waals surface area (Å²) < 4.78 is 37.0. The first-order chi connectivity index (χ1) is 14.3. The first kappa shape index (κ1) is 22.9. The molecule has 0 spiro atoms. The lowest BCUT2D eigenvalue weighted by molar-refractivity contribution is -0.281. The largest absolute Gasteiger partial charge is 0.616 e. The maximum Gasteiger partial charge on any atom is 0.316 e. The van der Waals surface area contributed by atoms with Crippen molar-refractivity contribution in [1.82, 2.24) is 4.67 Å². The molecule has 3 fully saturated rings. The van der Waals surface area contributed by atoms with Crippen LogP contribution in [0.15, 0.2) is 24.3 Å². The standard InChI is InChI=1S/C19H26Cl2NO7P/c1-19(2)26-17-16-15(25-18(17)27-19)14(12-4-6-13(24-3)7-5-12)28-30(23,29-16)22(10-8-20)11-9-21/h4-7,14-18H,8-11H2,1-3H3/t14-,15?,16?,17?,18?,30?/m0/s1. The Morgan fingerprint density at radius 2 is 1.70 bits per heavy atom. The second-order valence-corrected chi connectivity index (χ2v) is 10.4. The number of hydrogen-bond donors (Lipinski definition) is 0. The molecule has 3 aliphatic heterocycles. The Hall–Kier alpha value is -0.250. The highest BCUT2D eigenvalue weighted by Gasteiger charge is 2.65. The lowest BCUT2D eigenvalue weighted by Crippen LogP contribution is -2.50. The van der Waals surface area contributed by atoms with Crippen molar-refractivity contribution in [3.8, 4) is 5.75 Å². The van der Waals surface area contributed by atoms with Crippen molar-refractivity contribution in [3.63, 3.8) is 0 Å². The molecule has 0 bridgehead atoms. The van der Waals surface area contributed by atoms with Gasteiger partial charge in [0.2, 0.25) is 0 Å². The van der Waals surface area contributed by atoms with Gasteiger partial charge in [0.1, 0.15) is 18.0 Å². The molecule has 3 aliphatic rings. The van der Waals surface area contributed by atoms with Gasteiger partial charge in [0.15, 0.2) is 24.3 Å². The molecule has 0 aliphatic carbocycles. The second-order valence-electron chi connectivity index (χ2n) is 7.74. The van der Waals surface area contributed by atoms with Gasteiger partial charge in [-0.25, -0.2) is 0 Å². The average Bonchev–Trinajstić information content (AvgIpc) is 3.19. The quantitative estimate of drug-likeness (QED) is 0.434. The van der Waals surface area contributed by atoms with Crippen LogP contribution in [0.5, 0.6) is 5.75 Å². The zero-order valence-electron chi connectivity index (χ0n) is 17.0. The Morgan fingerprint density at radius 3 is 2.30 bits per heavy atom. The minimum atomic E-state index is -3.74. The summed E-state index contributed by atoms with van der Waals surface area (Å²) in [7, 11) is -2.15. The number of alkyl halides is 2. The highest BCUT2D eigenvalue weighted by atomic mass is 35.5. The number of methoxy groups -OCH3 is 1. The first-order valence-electron chi connectivity index (χ1n) is 9.79. The van der Waals surface area contributed by atoms with Crippen LogP contribution in [-0.4, -0.2) is 67.0 Å². The molecule has 168 valence electrons. The molecule has 1 aromatic carbocycles. The molecule has 0 saturated carbocycles. The van der Waals surface area contributed by atoms with Crippen molar-refractivity contribution >= 4 is 31.3 Å². The maximum atomic E-state index is 13.9. The third-order valence-corrected chi connectivity index (χ3v) is 7.74. The van der Waals surface area contributed by atoms with Gasteiger partial charge in [0.25, 0.3) is 0 Å². The Labute approximate surface area is 186 Å². The maximum absolute atomic E-state index is 13.9. The Kier molecular flexibility index (Phi) is 6.84. The molecule has 0 aromatic heterocycles. The fraction of sp³-hybridized carbons (Fsp3) is 0.684. The van der Waals surface area contributed by atoms with Gasteiger partial charge in [0.05, 0.1) is 20.2 Å². The molecular formula is C19H26Cl2NO7P. The molecule has 3 heterocycles. The van der Waals surface area contributed by atoms with Crippen LogP contribution in [0.3, 0.4) is 0 Å². The number of nitrogens with zero attached hydrogens (tertiary/aromatic N) is 1. The summed E-state index contributed by atoms with van der Waals surface area (Å²) in [6, 6.07) is 7.34. The van der Waals surface area contributed by atoms with Crippen molar-refractivity contribution in [2.24, 2.45) is 0 Å². The summed E-state index contributed by atoms with van der Waals surface area (Å²) in [6.45, 7) is 4.21. The fourth-order valence-electron chi connectivity index (χ4n) is 3.98. The van der Waals surface area contributed by atoms with Crippen LogP contribution in [0.2, 0.25) is 0 Å². The highest BCUT2D eigenvalue weighted by molar-refractivity contribution is 7.56. The van der Waals surface area contributed by atoms with Crippen molar-refractivity contribution < 1.29 is 32.9 Å². The first-order valence-corrected chi connectivity index (χ1v) is 12.4. The molecule has 8 nitrogen and oxygen atoms in total. The third kappa shape index (κ3) is 4.33. The van der Waals surface area contributed by atoms with Gasteiger partial charge in [-0.3, -0.25) is 0 Å². The minimum Gasteiger partial charge on any atom is -0.616 e. The fourth-order valence-corrected chi connectivity index (χ4v) is 6.71. The van der Waals surface area contributed by atoms with Gasteiger partial charge >= 0.3 is 8.09 Å². The molecule has 30 heavy (non-hydrogen) atoms. The monoisotopic (exact) mass is 481 g/mol. The third-order valence-electron chi connectivity index (χ3n) is 5.30. The summed E-state index contributed by atoms with van der Waals surface area (Å²) in [5.41, 5.74) is 0.783. The molecule has 4 rings (SSSR count). The Balaban J connectivity index is 1.68. The SMILES string of the molecule is COc1ccc([C@@H]2O[P+]([O-])(N(CCCl)CCCl)OC3C4OC(C)(C)OC4OC32)cc1. The average molecular weight is 482 g/mol. The van der Waals surface area contributed by atoms with Crippen LogP contribution in [0.1, 0.15) is 25.5 Å². The van der Waals surface area contributed by atoms with Crippen molar-refractivity contribution in [2.45, 2.75) is 50.3 Å². The molecule has 0 amide bonds. The highest BCUT2D eigenvalue weighted by Crippen LogP contribution is 2.66. The predicted octanol–water partition coefficient (Wildman–Crippen LogP) is 2.85. The molecule has 5 unspecified atom stereocenters. The number of ether oxygens (including phenoxy) is 4. The van der Waals surface area contributed by atoms with Crippen LogP contribution in [0, 0.1) is 0 Å². The van der Waals surface area contributed by atoms with E-state index in [0.717, 1.165) is 5.56 Å². The van der Waals surface area contributed by atoms with E-state index < -0.39 is 44.6 Å². The van der Waals surface area contributed by atoms with E-state index in [1.807, 2.05) is 24.3 Å². The van der Waals surface area contributed by atoms with Gasteiger partial charge in [0, 0.05) is 11.8 Å².